The molecule has 136 valence electrons. The number of halogens is 1. The van der Waals surface area contributed by atoms with Gasteiger partial charge in [0.05, 0.1) is 18.3 Å². The summed E-state index contributed by atoms with van der Waals surface area (Å²) in [6.07, 6.45) is 3.16. The normalized spacial score (nSPS) is 17.4. The molecule has 0 aliphatic carbocycles. The molecule has 0 radical (unpaired) electrons. The number of hydrogen-bond acceptors (Lipinski definition) is 6. The molecule has 1 fully saturated rings. The van der Waals surface area contributed by atoms with Gasteiger partial charge in [0.25, 0.3) is 0 Å². The molecular weight excluding hydrogens is 333 g/mol. The van der Waals surface area contributed by atoms with Crippen molar-refractivity contribution in [3.05, 3.63) is 30.4 Å². The highest BCUT2D eigenvalue weighted by molar-refractivity contribution is 5.79. The van der Waals surface area contributed by atoms with Gasteiger partial charge in [-0.05, 0) is 33.3 Å². The Balaban J connectivity index is 1.62. The van der Waals surface area contributed by atoms with Gasteiger partial charge in [-0.25, -0.2) is 19.3 Å². The fourth-order valence-corrected chi connectivity index (χ4v) is 3.44. The zero-order valence-electron chi connectivity index (χ0n) is 15.1. The molecule has 1 N–H and O–H groups in total. The molecule has 3 aromatic rings. The lowest BCUT2D eigenvalue weighted by atomic mass is 10.3. The highest BCUT2D eigenvalue weighted by Gasteiger charge is 2.23. The quantitative estimate of drug-likeness (QED) is 0.773. The van der Waals surface area contributed by atoms with Crippen molar-refractivity contribution in [2.75, 3.05) is 23.3 Å². The van der Waals surface area contributed by atoms with Gasteiger partial charge >= 0.3 is 0 Å². The number of anilines is 3. The standard InChI is InChI=1S/C18H22FN7/c1-11(2)26-12(3)22-14-9-21-17(8-15(14)26)23-16-4-6-20-18(24-16)25-7-5-13(19)10-25/h4,6,8-9,11,13H,5,7,10H2,1-3H3,(H,20,21,23,24)/t13-/m0/s1. The van der Waals surface area contributed by atoms with Crippen LogP contribution in [0.2, 0.25) is 0 Å². The monoisotopic (exact) mass is 355 g/mol. The van der Waals surface area contributed by atoms with Crippen molar-refractivity contribution in [1.82, 2.24) is 24.5 Å². The molecule has 8 heteroatoms. The Morgan fingerprint density at radius 3 is 2.81 bits per heavy atom. The molecule has 0 spiro atoms. The lowest BCUT2D eigenvalue weighted by molar-refractivity contribution is 0.364. The van der Waals surface area contributed by atoms with E-state index in [1.54, 1.807) is 18.5 Å². The van der Waals surface area contributed by atoms with Crippen LogP contribution in [0.25, 0.3) is 11.0 Å². The van der Waals surface area contributed by atoms with Crippen LogP contribution in [0.5, 0.6) is 0 Å². The summed E-state index contributed by atoms with van der Waals surface area (Å²) in [7, 11) is 0. The molecule has 1 aliphatic heterocycles. The third-order valence-corrected chi connectivity index (χ3v) is 4.58. The first kappa shape index (κ1) is 16.7. The Bertz CT molecular complexity index is 936. The number of alkyl halides is 1. The fraction of sp³-hybridized carbons (Fsp3) is 0.444. The molecule has 0 unspecified atom stereocenters. The molecule has 26 heavy (non-hydrogen) atoms. The highest BCUT2D eigenvalue weighted by atomic mass is 19.1. The molecule has 3 aromatic heterocycles. The van der Waals surface area contributed by atoms with Crippen molar-refractivity contribution in [3.8, 4) is 0 Å². The van der Waals surface area contributed by atoms with Crippen LogP contribution in [-0.4, -0.2) is 43.8 Å². The largest absolute Gasteiger partial charge is 0.338 e. The maximum absolute atomic E-state index is 13.4. The van der Waals surface area contributed by atoms with Gasteiger partial charge < -0.3 is 14.8 Å². The Morgan fingerprint density at radius 2 is 2.08 bits per heavy atom. The summed E-state index contributed by atoms with van der Waals surface area (Å²) in [5.41, 5.74) is 1.90. The van der Waals surface area contributed by atoms with Crippen LogP contribution in [0.4, 0.5) is 22.0 Å². The number of hydrogen-bond donors (Lipinski definition) is 1. The van der Waals surface area contributed by atoms with E-state index in [2.05, 4.69) is 43.7 Å². The maximum Gasteiger partial charge on any atom is 0.227 e. The Morgan fingerprint density at radius 1 is 1.23 bits per heavy atom. The first-order valence-electron chi connectivity index (χ1n) is 8.85. The summed E-state index contributed by atoms with van der Waals surface area (Å²) in [4.78, 5) is 19.6. The van der Waals surface area contributed by atoms with Crippen molar-refractivity contribution in [1.29, 1.82) is 0 Å². The average Bonchev–Trinajstić information content (AvgIpc) is 3.17. The second-order valence-corrected chi connectivity index (χ2v) is 6.88. The second-order valence-electron chi connectivity index (χ2n) is 6.88. The fourth-order valence-electron chi connectivity index (χ4n) is 3.44. The van der Waals surface area contributed by atoms with Crippen molar-refractivity contribution in [3.63, 3.8) is 0 Å². The summed E-state index contributed by atoms with van der Waals surface area (Å²) in [6.45, 7) is 7.25. The van der Waals surface area contributed by atoms with Crippen LogP contribution < -0.4 is 10.2 Å². The number of pyridine rings is 1. The number of nitrogens with zero attached hydrogens (tertiary/aromatic N) is 6. The zero-order valence-corrected chi connectivity index (χ0v) is 15.1. The zero-order chi connectivity index (χ0) is 18.3. The topological polar surface area (TPSA) is 71.8 Å². The third-order valence-electron chi connectivity index (χ3n) is 4.58. The minimum atomic E-state index is -0.807. The number of imidazole rings is 1. The number of rotatable bonds is 4. The van der Waals surface area contributed by atoms with E-state index in [0.29, 0.717) is 43.1 Å². The van der Waals surface area contributed by atoms with Gasteiger partial charge in [-0.3, -0.25) is 0 Å². The van der Waals surface area contributed by atoms with E-state index in [1.165, 1.54) is 0 Å². The smallest absolute Gasteiger partial charge is 0.227 e. The van der Waals surface area contributed by atoms with E-state index in [4.69, 9.17) is 0 Å². The Kier molecular flexibility index (Phi) is 4.18. The van der Waals surface area contributed by atoms with Crippen LogP contribution in [0.15, 0.2) is 24.5 Å². The minimum absolute atomic E-state index is 0.310. The second kappa shape index (κ2) is 6.51. The summed E-state index contributed by atoms with van der Waals surface area (Å²) in [5, 5.41) is 3.22. The van der Waals surface area contributed by atoms with Crippen LogP contribution in [-0.2, 0) is 0 Å². The lowest BCUT2D eigenvalue weighted by Gasteiger charge is -2.15. The number of fused-ring (bicyclic) bond motifs is 1. The first-order chi connectivity index (χ1) is 12.5. The van der Waals surface area contributed by atoms with Gasteiger partial charge in [-0.15, -0.1) is 0 Å². The first-order valence-corrected chi connectivity index (χ1v) is 8.85. The third kappa shape index (κ3) is 3.07. The van der Waals surface area contributed by atoms with Crippen molar-refractivity contribution in [2.24, 2.45) is 0 Å². The Hall–Kier alpha value is -2.77. The Labute approximate surface area is 151 Å². The molecule has 0 bridgehead atoms. The van der Waals surface area contributed by atoms with Crippen LogP contribution in [0.3, 0.4) is 0 Å². The molecule has 1 atom stereocenters. The SMILES string of the molecule is Cc1nc2cnc(Nc3ccnc(N4CC[C@H](F)C4)n3)cc2n1C(C)C. The van der Waals surface area contributed by atoms with Gasteiger partial charge in [0.2, 0.25) is 5.95 Å². The van der Waals surface area contributed by atoms with E-state index >= 15 is 0 Å². The molecule has 4 rings (SSSR count). The molecule has 1 saturated heterocycles. The van der Waals surface area contributed by atoms with Crippen molar-refractivity contribution < 1.29 is 4.39 Å². The van der Waals surface area contributed by atoms with Gasteiger partial charge in [0.1, 0.15) is 29.1 Å². The molecule has 0 saturated carbocycles. The highest BCUT2D eigenvalue weighted by Crippen LogP contribution is 2.24. The van der Waals surface area contributed by atoms with Crippen LogP contribution in [0, 0.1) is 6.92 Å². The van der Waals surface area contributed by atoms with Crippen LogP contribution >= 0.6 is 0 Å². The molecule has 4 heterocycles. The average molecular weight is 355 g/mol. The van der Waals surface area contributed by atoms with Gasteiger partial charge in [0, 0.05) is 24.8 Å². The van der Waals surface area contributed by atoms with E-state index in [-0.39, 0.29) is 0 Å². The van der Waals surface area contributed by atoms with E-state index < -0.39 is 6.17 Å². The maximum atomic E-state index is 13.4. The minimum Gasteiger partial charge on any atom is -0.338 e. The van der Waals surface area contributed by atoms with Crippen molar-refractivity contribution >= 4 is 28.6 Å². The summed E-state index contributed by atoms with van der Waals surface area (Å²) < 4.78 is 15.6. The van der Waals surface area contributed by atoms with Gasteiger partial charge in [-0.1, -0.05) is 0 Å². The summed E-state index contributed by atoms with van der Waals surface area (Å²) in [5.74, 6) is 2.83. The van der Waals surface area contributed by atoms with Gasteiger partial charge in [-0.2, -0.15) is 4.98 Å². The number of aryl methyl sites for hydroxylation is 1. The molecule has 7 nitrogen and oxygen atoms in total. The van der Waals surface area contributed by atoms with Crippen LogP contribution in [0.1, 0.15) is 32.1 Å². The lowest BCUT2D eigenvalue weighted by Crippen LogP contribution is -2.22. The summed E-state index contributed by atoms with van der Waals surface area (Å²) in [6, 6.07) is 4.07. The summed E-state index contributed by atoms with van der Waals surface area (Å²) >= 11 is 0. The van der Waals surface area contributed by atoms with Crippen molar-refractivity contribution in [2.45, 2.75) is 39.4 Å². The van der Waals surface area contributed by atoms with Gasteiger partial charge in [0.15, 0.2) is 0 Å². The molecule has 0 amide bonds. The van der Waals surface area contributed by atoms with E-state index in [1.807, 2.05) is 17.9 Å². The van der Waals surface area contributed by atoms with E-state index in [9.17, 15) is 4.39 Å². The van der Waals surface area contributed by atoms with E-state index in [0.717, 1.165) is 16.9 Å². The molecule has 0 aromatic carbocycles. The number of aromatic nitrogens is 5. The number of nitrogens with one attached hydrogen (secondary N) is 1. The molecule has 1 aliphatic rings. The molecular formula is C18H22FN7. The predicted molar refractivity (Wildman–Crippen MR) is 99.7 cm³/mol. The predicted octanol–water partition coefficient (Wildman–Crippen LogP) is 3.40.